The summed E-state index contributed by atoms with van der Waals surface area (Å²) in [4.78, 5) is 14.7. The average molecular weight is 315 g/mol. The van der Waals surface area contributed by atoms with Crippen molar-refractivity contribution in [2.75, 3.05) is 26.3 Å². The fourth-order valence-corrected chi connectivity index (χ4v) is 2.60. The topological polar surface area (TPSA) is 67.6 Å². The van der Waals surface area contributed by atoms with Crippen molar-refractivity contribution in [3.05, 3.63) is 52.9 Å². The van der Waals surface area contributed by atoms with Crippen LogP contribution in [0.5, 0.6) is 0 Å². The fraction of sp³-hybridized carbons (Fsp3) is 0.412. The van der Waals surface area contributed by atoms with Crippen LogP contribution in [0.1, 0.15) is 27.4 Å². The summed E-state index contributed by atoms with van der Waals surface area (Å²) in [6.07, 6.45) is 0. The predicted molar refractivity (Wildman–Crippen MR) is 84.9 cm³/mol. The Morgan fingerprint density at radius 1 is 1.26 bits per heavy atom. The Morgan fingerprint density at radius 2 is 2.00 bits per heavy atom. The molecule has 1 aromatic carbocycles. The number of aryl methyl sites for hydroxylation is 1. The molecule has 0 atom stereocenters. The van der Waals surface area contributed by atoms with Gasteiger partial charge in [0.05, 0.1) is 13.2 Å². The SMILES string of the molecule is Cc1onc(C(=O)NCc2ccccc2)c1CN1CCOCC1. The number of nitrogens with zero attached hydrogens (tertiary/aromatic N) is 2. The van der Waals surface area contributed by atoms with E-state index in [2.05, 4.69) is 15.4 Å². The second-order valence-electron chi connectivity index (χ2n) is 5.62. The van der Waals surface area contributed by atoms with Crippen LogP contribution >= 0.6 is 0 Å². The number of morpholine rings is 1. The van der Waals surface area contributed by atoms with E-state index in [0.717, 1.165) is 37.4 Å². The van der Waals surface area contributed by atoms with E-state index in [1.54, 1.807) is 0 Å². The van der Waals surface area contributed by atoms with E-state index in [0.29, 0.717) is 24.5 Å². The molecule has 0 aliphatic carbocycles. The molecule has 1 aliphatic heterocycles. The molecule has 1 N–H and O–H groups in total. The van der Waals surface area contributed by atoms with Gasteiger partial charge in [0.2, 0.25) is 0 Å². The Balaban J connectivity index is 1.65. The van der Waals surface area contributed by atoms with Crippen molar-refractivity contribution in [1.82, 2.24) is 15.4 Å². The van der Waals surface area contributed by atoms with Gasteiger partial charge in [-0.2, -0.15) is 0 Å². The van der Waals surface area contributed by atoms with Gasteiger partial charge in [-0.15, -0.1) is 0 Å². The molecule has 1 saturated heterocycles. The number of ether oxygens (including phenoxy) is 1. The van der Waals surface area contributed by atoms with Crippen molar-refractivity contribution in [2.24, 2.45) is 0 Å². The monoisotopic (exact) mass is 315 g/mol. The van der Waals surface area contributed by atoms with Gasteiger partial charge in [0.1, 0.15) is 5.76 Å². The molecule has 1 amide bonds. The number of aromatic nitrogens is 1. The molecule has 0 unspecified atom stereocenters. The molecule has 1 fully saturated rings. The molecule has 2 aromatic rings. The van der Waals surface area contributed by atoms with Crippen molar-refractivity contribution < 1.29 is 14.1 Å². The second-order valence-corrected chi connectivity index (χ2v) is 5.62. The number of amides is 1. The summed E-state index contributed by atoms with van der Waals surface area (Å²) >= 11 is 0. The molecular weight excluding hydrogens is 294 g/mol. The van der Waals surface area contributed by atoms with Crippen LogP contribution in [0.4, 0.5) is 0 Å². The summed E-state index contributed by atoms with van der Waals surface area (Å²) < 4.78 is 10.6. The Hall–Kier alpha value is -2.18. The van der Waals surface area contributed by atoms with Gasteiger partial charge < -0.3 is 14.6 Å². The normalized spacial score (nSPS) is 15.5. The fourth-order valence-electron chi connectivity index (χ4n) is 2.60. The first-order chi connectivity index (χ1) is 11.2. The van der Waals surface area contributed by atoms with E-state index in [-0.39, 0.29) is 5.91 Å². The Labute approximate surface area is 135 Å². The van der Waals surface area contributed by atoms with E-state index in [1.165, 1.54) is 0 Å². The molecule has 6 heteroatoms. The van der Waals surface area contributed by atoms with Crippen LogP contribution in [-0.4, -0.2) is 42.3 Å². The number of carbonyl (C=O) groups is 1. The van der Waals surface area contributed by atoms with Gasteiger partial charge >= 0.3 is 0 Å². The van der Waals surface area contributed by atoms with Gasteiger partial charge in [-0.05, 0) is 12.5 Å². The van der Waals surface area contributed by atoms with Crippen molar-refractivity contribution in [3.8, 4) is 0 Å². The van der Waals surface area contributed by atoms with E-state index < -0.39 is 0 Å². The molecule has 1 aromatic heterocycles. The molecule has 0 saturated carbocycles. The molecule has 23 heavy (non-hydrogen) atoms. The molecule has 0 radical (unpaired) electrons. The van der Waals surface area contributed by atoms with Gasteiger partial charge in [-0.1, -0.05) is 35.5 Å². The number of rotatable bonds is 5. The van der Waals surface area contributed by atoms with Crippen molar-refractivity contribution >= 4 is 5.91 Å². The maximum atomic E-state index is 12.4. The van der Waals surface area contributed by atoms with E-state index in [1.807, 2.05) is 37.3 Å². The lowest BCUT2D eigenvalue weighted by Crippen LogP contribution is -2.36. The minimum absolute atomic E-state index is 0.200. The van der Waals surface area contributed by atoms with Crippen molar-refractivity contribution in [3.63, 3.8) is 0 Å². The quantitative estimate of drug-likeness (QED) is 0.910. The summed E-state index contributed by atoms with van der Waals surface area (Å²) in [7, 11) is 0. The van der Waals surface area contributed by atoms with Crippen LogP contribution < -0.4 is 5.32 Å². The lowest BCUT2D eigenvalue weighted by molar-refractivity contribution is 0.0339. The average Bonchev–Trinajstić information content (AvgIpc) is 2.95. The maximum Gasteiger partial charge on any atom is 0.274 e. The minimum atomic E-state index is -0.200. The van der Waals surface area contributed by atoms with E-state index >= 15 is 0 Å². The minimum Gasteiger partial charge on any atom is -0.379 e. The molecular formula is C17H21N3O3. The largest absolute Gasteiger partial charge is 0.379 e. The highest BCUT2D eigenvalue weighted by Crippen LogP contribution is 2.17. The Bertz CT molecular complexity index is 648. The highest BCUT2D eigenvalue weighted by atomic mass is 16.5. The molecule has 6 nitrogen and oxygen atoms in total. The number of nitrogens with one attached hydrogen (secondary N) is 1. The second kappa shape index (κ2) is 7.39. The highest BCUT2D eigenvalue weighted by Gasteiger charge is 2.22. The lowest BCUT2D eigenvalue weighted by atomic mass is 10.1. The van der Waals surface area contributed by atoms with Crippen molar-refractivity contribution in [2.45, 2.75) is 20.0 Å². The van der Waals surface area contributed by atoms with Crippen LogP contribution in [0.2, 0.25) is 0 Å². The lowest BCUT2D eigenvalue weighted by Gasteiger charge is -2.26. The number of hydrogen-bond acceptors (Lipinski definition) is 5. The molecule has 2 heterocycles. The van der Waals surface area contributed by atoms with Gasteiger partial charge in [-0.25, -0.2) is 0 Å². The number of benzene rings is 1. The van der Waals surface area contributed by atoms with Gasteiger partial charge in [0.25, 0.3) is 5.91 Å². The first-order valence-corrected chi connectivity index (χ1v) is 7.81. The van der Waals surface area contributed by atoms with Gasteiger partial charge in [-0.3, -0.25) is 9.69 Å². The van der Waals surface area contributed by atoms with Crippen LogP contribution in [0.25, 0.3) is 0 Å². The predicted octanol–water partition coefficient (Wildman–Crippen LogP) is 1.75. The Morgan fingerprint density at radius 3 is 2.74 bits per heavy atom. The standard InChI is InChI=1S/C17H21N3O3/c1-13-15(12-20-7-9-22-10-8-20)16(19-23-13)17(21)18-11-14-5-3-2-4-6-14/h2-6H,7-12H2,1H3,(H,18,21). The summed E-state index contributed by atoms with van der Waals surface area (Å²) in [5, 5.41) is 6.85. The zero-order chi connectivity index (χ0) is 16.1. The van der Waals surface area contributed by atoms with Crippen LogP contribution in [0, 0.1) is 6.92 Å². The van der Waals surface area contributed by atoms with E-state index in [4.69, 9.17) is 9.26 Å². The zero-order valence-electron chi connectivity index (χ0n) is 13.2. The first-order valence-electron chi connectivity index (χ1n) is 7.81. The smallest absolute Gasteiger partial charge is 0.274 e. The third-order valence-electron chi connectivity index (χ3n) is 3.98. The third kappa shape index (κ3) is 3.97. The summed E-state index contributed by atoms with van der Waals surface area (Å²) in [5.74, 6) is 0.496. The number of carbonyl (C=O) groups excluding carboxylic acids is 1. The van der Waals surface area contributed by atoms with Crippen LogP contribution in [0.15, 0.2) is 34.9 Å². The molecule has 122 valence electrons. The summed E-state index contributed by atoms with van der Waals surface area (Å²) in [6.45, 7) is 6.14. The van der Waals surface area contributed by atoms with Gasteiger partial charge in [0, 0.05) is 31.7 Å². The third-order valence-corrected chi connectivity index (χ3v) is 3.98. The zero-order valence-corrected chi connectivity index (χ0v) is 13.2. The summed E-state index contributed by atoms with van der Waals surface area (Å²) in [5.41, 5.74) is 2.29. The molecule has 3 rings (SSSR count). The highest BCUT2D eigenvalue weighted by molar-refractivity contribution is 5.93. The maximum absolute atomic E-state index is 12.4. The number of hydrogen-bond donors (Lipinski definition) is 1. The van der Waals surface area contributed by atoms with Crippen LogP contribution in [-0.2, 0) is 17.8 Å². The molecule has 0 spiro atoms. The Kier molecular flexibility index (Phi) is 5.05. The van der Waals surface area contributed by atoms with Crippen LogP contribution in [0.3, 0.4) is 0 Å². The van der Waals surface area contributed by atoms with E-state index in [9.17, 15) is 4.79 Å². The van der Waals surface area contributed by atoms with Crippen molar-refractivity contribution in [1.29, 1.82) is 0 Å². The summed E-state index contributed by atoms with van der Waals surface area (Å²) in [6, 6.07) is 9.80. The first kappa shape index (κ1) is 15.7. The molecule has 1 aliphatic rings. The van der Waals surface area contributed by atoms with Gasteiger partial charge in [0.15, 0.2) is 5.69 Å². The molecule has 0 bridgehead atoms.